The first-order valence-corrected chi connectivity index (χ1v) is 11.4. The van der Waals surface area contributed by atoms with Gasteiger partial charge in [0.05, 0.1) is 12.1 Å². The summed E-state index contributed by atoms with van der Waals surface area (Å²) >= 11 is 21.9. The molecule has 0 radical (unpaired) electrons. The average molecular weight is 548 g/mol. The van der Waals surface area contributed by atoms with Crippen LogP contribution in [0, 0.1) is 5.82 Å². The van der Waals surface area contributed by atoms with Gasteiger partial charge in [-0.15, -0.1) is 0 Å². The quantitative estimate of drug-likeness (QED) is 0.282. The Hall–Kier alpha value is -1.50. The topological polar surface area (TPSA) is 30.5 Å². The van der Waals surface area contributed by atoms with E-state index >= 15 is 0 Å². The molecule has 0 saturated carbocycles. The second-order valence-electron chi connectivity index (χ2n) is 6.74. The molecule has 0 aliphatic heterocycles. The van der Waals surface area contributed by atoms with Crippen LogP contribution in [0.15, 0.2) is 53.0 Å². The maximum atomic E-state index is 13.3. The monoisotopic (exact) mass is 545 g/mol. The standard InChI is InChI=1S/C23H20BrCl3FNO2/c1-30-22-7-6-19(24)18(12-29-9-8-14-2-4-16(25)10-20(14)26)23(22)31-13-15-3-5-17(28)11-21(15)27/h2-7,10-11,29H,8-9,12-13H2,1H3. The predicted molar refractivity (Wildman–Crippen MR) is 128 cm³/mol. The molecule has 3 aromatic carbocycles. The first-order valence-electron chi connectivity index (χ1n) is 9.45. The highest BCUT2D eigenvalue weighted by Crippen LogP contribution is 2.37. The summed E-state index contributed by atoms with van der Waals surface area (Å²) in [4.78, 5) is 0. The Morgan fingerprint density at radius 1 is 0.968 bits per heavy atom. The zero-order valence-corrected chi connectivity index (χ0v) is 20.5. The minimum absolute atomic E-state index is 0.180. The lowest BCUT2D eigenvalue weighted by Crippen LogP contribution is -2.18. The van der Waals surface area contributed by atoms with Gasteiger partial charge in [-0.3, -0.25) is 0 Å². The van der Waals surface area contributed by atoms with Crippen LogP contribution in [0.25, 0.3) is 0 Å². The van der Waals surface area contributed by atoms with Crippen LogP contribution in [0.3, 0.4) is 0 Å². The average Bonchev–Trinajstić information content (AvgIpc) is 2.73. The van der Waals surface area contributed by atoms with Gasteiger partial charge >= 0.3 is 0 Å². The van der Waals surface area contributed by atoms with Gasteiger partial charge in [-0.05, 0) is 54.9 Å². The molecular weight excluding hydrogens is 528 g/mol. The molecule has 8 heteroatoms. The van der Waals surface area contributed by atoms with Crippen LogP contribution in [0.4, 0.5) is 4.39 Å². The first kappa shape index (κ1) is 24.1. The number of benzene rings is 3. The van der Waals surface area contributed by atoms with Crippen molar-refractivity contribution in [1.29, 1.82) is 0 Å². The third-order valence-corrected chi connectivity index (χ3v) is 6.34. The number of hydrogen-bond donors (Lipinski definition) is 1. The van der Waals surface area contributed by atoms with Gasteiger partial charge in [0, 0.05) is 32.2 Å². The van der Waals surface area contributed by atoms with Crippen LogP contribution in [0.5, 0.6) is 11.5 Å². The van der Waals surface area contributed by atoms with E-state index in [-0.39, 0.29) is 12.4 Å². The van der Waals surface area contributed by atoms with Crippen LogP contribution in [0.2, 0.25) is 15.1 Å². The van der Waals surface area contributed by atoms with Crippen LogP contribution in [-0.2, 0) is 19.6 Å². The van der Waals surface area contributed by atoms with E-state index in [1.807, 2.05) is 24.3 Å². The van der Waals surface area contributed by atoms with Crippen LogP contribution in [-0.4, -0.2) is 13.7 Å². The largest absolute Gasteiger partial charge is 0.493 e. The van der Waals surface area contributed by atoms with Crippen molar-refractivity contribution in [3.8, 4) is 11.5 Å². The summed E-state index contributed by atoms with van der Waals surface area (Å²) in [6.45, 7) is 1.42. The highest BCUT2D eigenvalue weighted by molar-refractivity contribution is 9.10. The Labute approximate surface area is 204 Å². The van der Waals surface area contributed by atoms with E-state index in [0.717, 1.165) is 22.0 Å². The fourth-order valence-electron chi connectivity index (χ4n) is 3.02. The minimum Gasteiger partial charge on any atom is -0.493 e. The van der Waals surface area contributed by atoms with Crippen molar-refractivity contribution in [2.24, 2.45) is 0 Å². The fraction of sp³-hybridized carbons (Fsp3) is 0.217. The Morgan fingerprint density at radius 2 is 1.71 bits per heavy atom. The molecule has 31 heavy (non-hydrogen) atoms. The second-order valence-corrected chi connectivity index (χ2v) is 8.85. The SMILES string of the molecule is COc1ccc(Br)c(CNCCc2ccc(Cl)cc2Cl)c1OCc1ccc(F)cc1Cl. The Balaban J connectivity index is 1.70. The van der Waals surface area contributed by atoms with Crippen molar-refractivity contribution in [1.82, 2.24) is 5.32 Å². The second kappa shape index (κ2) is 11.4. The van der Waals surface area contributed by atoms with E-state index in [4.69, 9.17) is 44.3 Å². The molecule has 0 aliphatic carbocycles. The number of rotatable bonds is 9. The molecule has 3 nitrogen and oxygen atoms in total. The number of ether oxygens (including phenoxy) is 2. The molecule has 164 valence electrons. The third-order valence-electron chi connectivity index (χ3n) is 4.66. The summed E-state index contributed by atoms with van der Waals surface area (Å²) in [5.41, 5.74) is 2.60. The lowest BCUT2D eigenvalue weighted by molar-refractivity contribution is 0.280. The van der Waals surface area contributed by atoms with Gasteiger partial charge in [0.1, 0.15) is 12.4 Å². The molecular formula is C23H20BrCl3FNO2. The highest BCUT2D eigenvalue weighted by Gasteiger charge is 2.15. The van der Waals surface area contributed by atoms with E-state index in [1.165, 1.54) is 12.1 Å². The van der Waals surface area contributed by atoms with Crippen LogP contribution in [0.1, 0.15) is 16.7 Å². The maximum Gasteiger partial charge on any atom is 0.167 e. The molecule has 0 saturated heterocycles. The summed E-state index contributed by atoms with van der Waals surface area (Å²) in [6, 6.07) is 13.4. The minimum atomic E-state index is -0.389. The van der Waals surface area contributed by atoms with Gasteiger partial charge in [-0.1, -0.05) is 62.9 Å². The number of methoxy groups -OCH3 is 1. The predicted octanol–water partition coefficient (Wildman–Crippen LogP) is 7.47. The Kier molecular flexibility index (Phi) is 8.87. The molecule has 0 amide bonds. The van der Waals surface area contributed by atoms with Crippen LogP contribution < -0.4 is 14.8 Å². The Morgan fingerprint density at radius 3 is 2.42 bits per heavy atom. The summed E-state index contributed by atoms with van der Waals surface area (Å²) in [7, 11) is 1.58. The van der Waals surface area contributed by atoms with Crippen molar-refractivity contribution >= 4 is 50.7 Å². The van der Waals surface area contributed by atoms with E-state index in [9.17, 15) is 4.39 Å². The van der Waals surface area contributed by atoms with Crippen LogP contribution >= 0.6 is 50.7 Å². The molecule has 0 spiro atoms. The zero-order chi connectivity index (χ0) is 22.4. The fourth-order valence-corrected chi connectivity index (χ4v) is 4.19. The third kappa shape index (κ3) is 6.50. The summed E-state index contributed by atoms with van der Waals surface area (Å²) in [5, 5.41) is 4.99. The molecule has 0 bridgehead atoms. The summed E-state index contributed by atoms with van der Waals surface area (Å²) in [5.74, 6) is 0.799. The van der Waals surface area contributed by atoms with Gasteiger partial charge in [0.2, 0.25) is 0 Å². The molecule has 0 fully saturated rings. The summed E-state index contributed by atoms with van der Waals surface area (Å²) in [6.07, 6.45) is 0.749. The van der Waals surface area contributed by atoms with E-state index in [2.05, 4.69) is 21.2 Å². The zero-order valence-electron chi connectivity index (χ0n) is 16.7. The van der Waals surface area contributed by atoms with Crippen molar-refractivity contribution in [3.63, 3.8) is 0 Å². The van der Waals surface area contributed by atoms with Crippen molar-refractivity contribution < 1.29 is 13.9 Å². The van der Waals surface area contributed by atoms with Gasteiger partial charge in [0.25, 0.3) is 0 Å². The Bertz CT molecular complexity index is 1070. The van der Waals surface area contributed by atoms with Gasteiger partial charge < -0.3 is 14.8 Å². The lowest BCUT2D eigenvalue weighted by Gasteiger charge is -2.18. The number of nitrogens with one attached hydrogen (secondary N) is 1. The molecule has 0 unspecified atom stereocenters. The molecule has 3 aromatic rings. The molecule has 3 rings (SSSR count). The normalized spacial score (nSPS) is 10.9. The van der Waals surface area contributed by atoms with Gasteiger partial charge in [-0.25, -0.2) is 4.39 Å². The molecule has 0 heterocycles. The maximum absolute atomic E-state index is 13.3. The van der Waals surface area contributed by atoms with Crippen molar-refractivity contribution in [2.45, 2.75) is 19.6 Å². The van der Waals surface area contributed by atoms with E-state index in [0.29, 0.717) is 45.2 Å². The van der Waals surface area contributed by atoms with E-state index < -0.39 is 0 Å². The molecule has 0 aromatic heterocycles. The first-order chi connectivity index (χ1) is 14.9. The lowest BCUT2D eigenvalue weighted by atomic mass is 10.1. The number of hydrogen-bond acceptors (Lipinski definition) is 3. The molecule has 1 N–H and O–H groups in total. The van der Waals surface area contributed by atoms with Gasteiger partial charge in [-0.2, -0.15) is 0 Å². The van der Waals surface area contributed by atoms with E-state index in [1.54, 1.807) is 19.2 Å². The molecule has 0 aliphatic rings. The van der Waals surface area contributed by atoms with Crippen molar-refractivity contribution in [3.05, 3.63) is 90.6 Å². The summed E-state index contributed by atoms with van der Waals surface area (Å²) < 4.78 is 25.7. The van der Waals surface area contributed by atoms with Gasteiger partial charge in [0.15, 0.2) is 11.5 Å². The molecule has 0 atom stereocenters. The number of halogens is 5. The smallest absolute Gasteiger partial charge is 0.167 e. The highest BCUT2D eigenvalue weighted by atomic mass is 79.9. The van der Waals surface area contributed by atoms with Crippen molar-refractivity contribution in [2.75, 3.05) is 13.7 Å².